The molecule has 115 heavy (non-hydrogen) atoms. The van der Waals surface area contributed by atoms with Gasteiger partial charge in [0.25, 0.3) is 0 Å². The molecule has 0 unspecified atom stereocenters. The van der Waals surface area contributed by atoms with Gasteiger partial charge >= 0.3 is 5.97 Å². The summed E-state index contributed by atoms with van der Waals surface area (Å²) in [6.07, 6.45) is -3.70. The number of aromatic nitrogens is 1. The van der Waals surface area contributed by atoms with E-state index in [1.54, 1.807) is 30.5 Å². The molecule has 1 aromatic heterocycles. The van der Waals surface area contributed by atoms with Crippen LogP contribution in [0.25, 0.3) is 10.9 Å². The Morgan fingerprint density at radius 3 is 1.30 bits per heavy atom. The number of hydrogen-bond acceptors (Lipinski definition) is 26. The van der Waals surface area contributed by atoms with Gasteiger partial charge in [-0.2, -0.15) is 25.3 Å². The lowest BCUT2D eigenvalue weighted by atomic mass is 9.98. The number of thiol groups is 2. The Kier molecular flexibility index (Phi) is 42.7. The molecule has 0 spiro atoms. The summed E-state index contributed by atoms with van der Waals surface area (Å²) >= 11 is 8.83. The summed E-state index contributed by atoms with van der Waals surface area (Å²) in [5.41, 5.74) is 47.5. The number of carbonyl (C=O) groups excluding carboxylic acids is 13. The highest BCUT2D eigenvalue weighted by atomic mass is 32.1. The number of nitrogens with two attached hydrogens (primary N) is 8. The van der Waals surface area contributed by atoms with E-state index in [4.69, 9.17) is 56.7 Å². The average Bonchev–Trinajstić information content (AvgIpc) is 1.74. The molecule has 43 nitrogen and oxygen atoms in total. The van der Waals surface area contributed by atoms with Crippen LogP contribution in [0, 0.1) is 10.8 Å². The van der Waals surface area contributed by atoms with Crippen molar-refractivity contribution >= 4 is 131 Å². The Hall–Kier alpha value is -10.7. The molecule has 3 rings (SSSR count). The summed E-state index contributed by atoms with van der Waals surface area (Å²) in [5, 5.41) is 91.4. The third kappa shape index (κ3) is 34.5. The van der Waals surface area contributed by atoms with Crippen LogP contribution in [0.3, 0.4) is 0 Å². The van der Waals surface area contributed by atoms with Gasteiger partial charge in [0.05, 0.1) is 18.6 Å². The van der Waals surface area contributed by atoms with Crippen molar-refractivity contribution in [3.8, 4) is 5.75 Å². The van der Waals surface area contributed by atoms with Crippen molar-refractivity contribution in [2.75, 3.05) is 45.0 Å². The molecule has 45 heteroatoms. The number of aliphatic carboxylic acids is 1. The summed E-state index contributed by atoms with van der Waals surface area (Å²) in [5.74, 6) is -16.4. The number of aliphatic hydroxyl groups is 2. The Balaban J connectivity index is 1.87. The van der Waals surface area contributed by atoms with Crippen LogP contribution >= 0.6 is 25.3 Å². The van der Waals surface area contributed by atoms with Crippen LogP contribution in [-0.2, 0) is 80.0 Å². The molecule has 0 aliphatic heterocycles. The fourth-order valence-corrected chi connectivity index (χ4v) is 11.9. The third-order valence-electron chi connectivity index (χ3n) is 17.8. The summed E-state index contributed by atoms with van der Waals surface area (Å²) < 4.78 is -1.49. The van der Waals surface area contributed by atoms with Crippen molar-refractivity contribution < 1.29 is 87.5 Å². The molecule has 0 bridgehead atoms. The van der Waals surface area contributed by atoms with Gasteiger partial charge in [0.15, 0.2) is 11.9 Å². The Labute approximate surface area is 674 Å². The second-order valence-electron chi connectivity index (χ2n) is 27.8. The number of H-pyrrole nitrogens is 1. The number of carboxylic acid groups (broad SMARTS) is 1. The van der Waals surface area contributed by atoms with Gasteiger partial charge in [0, 0.05) is 53.5 Å². The van der Waals surface area contributed by atoms with E-state index in [0.29, 0.717) is 28.5 Å². The minimum atomic E-state index is -1.93. The Morgan fingerprint density at radius 1 is 0.470 bits per heavy atom. The molecule has 3 aromatic rings. The molecular weight excluding hydrogens is 1540 g/mol. The molecule has 0 fully saturated rings. The van der Waals surface area contributed by atoms with E-state index in [1.165, 1.54) is 45.0 Å². The fraction of sp³-hybridized carbons (Fsp3) is 0.571. The van der Waals surface area contributed by atoms with Crippen LogP contribution in [0.1, 0.15) is 109 Å². The third-order valence-corrected chi connectivity index (χ3v) is 18.4. The number of carbonyl (C=O) groups is 14. The minimum Gasteiger partial charge on any atom is -0.508 e. The monoisotopic (exact) mass is 1660 g/mol. The highest BCUT2D eigenvalue weighted by Gasteiger charge is 2.41. The highest BCUT2D eigenvalue weighted by molar-refractivity contribution is 7.81. The van der Waals surface area contributed by atoms with Crippen LogP contribution in [0.2, 0.25) is 0 Å². The summed E-state index contributed by atoms with van der Waals surface area (Å²) in [6.45, 7) is 4.54. The van der Waals surface area contributed by atoms with Crippen LogP contribution < -0.4 is 120 Å². The molecule has 0 aliphatic rings. The van der Waals surface area contributed by atoms with Crippen molar-refractivity contribution in [1.82, 2.24) is 79.4 Å². The van der Waals surface area contributed by atoms with E-state index < -0.39 is 202 Å². The lowest BCUT2D eigenvalue weighted by molar-refractivity contribution is -0.142. The van der Waals surface area contributed by atoms with E-state index in [-0.39, 0.29) is 116 Å². The first-order valence-corrected chi connectivity index (χ1v) is 38.2. The highest BCUT2D eigenvalue weighted by Crippen LogP contribution is 2.23. The van der Waals surface area contributed by atoms with Crippen molar-refractivity contribution in [2.45, 2.75) is 207 Å². The summed E-state index contributed by atoms with van der Waals surface area (Å²) in [6, 6.07) is -8.25. The zero-order valence-corrected chi connectivity index (χ0v) is 66.3. The predicted octanol–water partition coefficient (Wildman–Crippen LogP) is -9.13. The van der Waals surface area contributed by atoms with E-state index in [2.05, 4.69) is 105 Å². The molecule has 0 saturated heterocycles. The lowest BCUT2D eigenvalue weighted by Crippen LogP contribution is -2.64. The number of phenols is 1. The van der Waals surface area contributed by atoms with E-state index in [1.807, 2.05) is 0 Å². The number of para-hydroxylation sites is 1. The number of hydrogen-bond donors (Lipinski definition) is 31. The summed E-state index contributed by atoms with van der Waals surface area (Å²) in [4.78, 5) is 198. The van der Waals surface area contributed by atoms with Crippen LogP contribution in [0.5, 0.6) is 5.75 Å². The Bertz CT molecular complexity index is 3800. The molecule has 2 aromatic carbocycles. The molecular formula is C70H115N25O18S2. The number of aromatic amines is 1. The van der Waals surface area contributed by atoms with Gasteiger partial charge in [-0.1, -0.05) is 30.3 Å². The van der Waals surface area contributed by atoms with Gasteiger partial charge in [-0.05, 0) is 147 Å². The van der Waals surface area contributed by atoms with Crippen molar-refractivity contribution in [3.05, 3.63) is 65.9 Å². The van der Waals surface area contributed by atoms with Gasteiger partial charge in [-0.3, -0.25) is 73.1 Å². The van der Waals surface area contributed by atoms with Crippen molar-refractivity contribution in [3.63, 3.8) is 0 Å². The first-order chi connectivity index (χ1) is 54.2. The number of rotatable bonds is 53. The second kappa shape index (κ2) is 49.8. The first-order valence-electron chi connectivity index (χ1n) is 37.1. The van der Waals surface area contributed by atoms with Gasteiger partial charge < -0.3 is 146 Å². The minimum absolute atomic E-state index is 0.0319. The lowest BCUT2D eigenvalue weighted by Gasteiger charge is -2.32. The SMILES string of the molecule is C[C@@H](O)[C@H](N)C(=O)N[C@@H](Cc1c[nH]c2ccccc12)C(=O)N[C@H](C(=O)N[C@@H](CC(N)=O)C(=O)N[C@@H](CCCNC(=N)N)C(=O)N[C@@H](CCN)C(=O)N[C@H](C(=O)N[C@H](CCN)C(=O)N[C@@H](CCCCN)C(=O)N[C@@H](CS)C(=O)N[C@@H](CCN)C(=O)N[C@@H](CCCNC(=N)N)C(=O)N[C@@H](Cc1ccc(O)cc1)C(=O)O)[C@@H](C)O)C(C)(C)S. The topological polar surface area (TPSA) is 760 Å². The average molecular weight is 1660 g/mol. The van der Waals surface area contributed by atoms with Gasteiger partial charge in [-0.15, -0.1) is 0 Å². The normalized spacial score (nSPS) is 15.2. The predicted molar refractivity (Wildman–Crippen MR) is 429 cm³/mol. The summed E-state index contributed by atoms with van der Waals surface area (Å²) in [7, 11) is 0. The maximum absolute atomic E-state index is 14.5. The maximum atomic E-state index is 14.5. The van der Waals surface area contributed by atoms with E-state index in [9.17, 15) is 87.5 Å². The van der Waals surface area contributed by atoms with Crippen molar-refractivity contribution in [2.24, 2.45) is 45.9 Å². The number of nitrogens with one attached hydrogen (secondary N) is 17. The standard InChI is InChI=1S/C70H115N25O18S2/c1-34(96)52(76)64(109)90-47(30-37-32-83-40-12-6-5-11-39(37)40)62(107)95-54(70(3,4)115)66(111)91-48(31-51(75)99)61(106)86-42(14-9-27-81-68(77)78)55(100)87-46(22-26-74)60(105)94-53(35(2)97)65(110)89-45(21-25-73)59(104)84-41(13-7-8-23-71)57(102)93-50(33-114)63(108)88-44(20-24-72)58(103)85-43(15-10-28-82-69(79)80)56(101)92-49(67(112)113)29-36-16-18-38(98)19-17-36/h5-6,11-12,16-19,32,34-35,41-50,52-54,83,96-98,114-115H,7-10,13-15,20-31,33,71-74,76H2,1-4H3,(H2,75,99)(H,84,104)(H,85,103)(H,86,106)(H,87,100)(H,88,108)(H,89,110)(H,90,109)(H,91,111)(H,92,101)(H,93,102)(H,94,105)(H,95,107)(H,112,113)(H4,77,78,81)(H4,79,80,82)/t34-,35-,41+,42+,43+,44+,45-,46+,47+,48+,49+,50+,52+,53+,54-/m1/s1. The first kappa shape index (κ1) is 98.5. The Morgan fingerprint density at radius 2 is 0.870 bits per heavy atom. The number of unbranched alkanes of at least 4 members (excludes halogenated alkanes) is 1. The quantitative estimate of drug-likeness (QED) is 0.0108. The molecule has 0 aliphatic carbocycles. The number of amides is 13. The van der Waals surface area contributed by atoms with Crippen LogP contribution in [0.4, 0.5) is 0 Å². The number of guanidine groups is 2. The largest absolute Gasteiger partial charge is 0.508 e. The zero-order chi connectivity index (χ0) is 86.4. The van der Waals surface area contributed by atoms with Gasteiger partial charge in [-0.25, -0.2) is 4.79 Å². The van der Waals surface area contributed by atoms with Gasteiger partial charge in [0.1, 0.15) is 84.3 Å². The van der Waals surface area contributed by atoms with Crippen LogP contribution in [0.15, 0.2) is 54.7 Å². The molecule has 0 radical (unpaired) electrons. The fourth-order valence-electron chi connectivity index (χ4n) is 11.4. The molecule has 0 saturated carbocycles. The molecule has 15 atom stereocenters. The zero-order valence-electron chi connectivity index (χ0n) is 64.5. The number of aliphatic hydroxyl groups excluding tert-OH is 2. The molecule has 13 amide bonds. The number of aromatic hydroxyl groups is 1. The smallest absolute Gasteiger partial charge is 0.326 e. The maximum Gasteiger partial charge on any atom is 0.326 e. The molecule has 37 N–H and O–H groups in total. The van der Waals surface area contributed by atoms with E-state index in [0.717, 1.165) is 6.92 Å². The molecule has 1 heterocycles. The number of phenolic OH excluding ortho intramolecular Hbond substituents is 1. The number of primary amides is 1. The molecule has 640 valence electrons. The number of benzene rings is 2. The second-order valence-corrected chi connectivity index (χ2v) is 29.3. The van der Waals surface area contributed by atoms with E-state index >= 15 is 0 Å². The number of fused-ring (bicyclic) bond motifs is 1. The van der Waals surface area contributed by atoms with Crippen LogP contribution in [-0.4, -0.2) is 261 Å². The van der Waals surface area contributed by atoms with Gasteiger partial charge in [0.2, 0.25) is 76.8 Å². The number of carboxylic acids is 1. The van der Waals surface area contributed by atoms with Crippen molar-refractivity contribution in [1.29, 1.82) is 10.8 Å².